The summed E-state index contributed by atoms with van der Waals surface area (Å²) in [4.78, 5) is 27.0. The maximum absolute atomic E-state index is 12.2. The molecule has 1 saturated heterocycles. The first-order chi connectivity index (χ1) is 9.02. The fraction of sp³-hybridized carbons (Fsp3) is 0.385. The van der Waals surface area contributed by atoms with Crippen molar-refractivity contribution < 1.29 is 14.3 Å². The van der Waals surface area contributed by atoms with E-state index in [-0.39, 0.29) is 24.6 Å². The third-order valence-electron chi connectivity index (χ3n) is 3.74. The van der Waals surface area contributed by atoms with E-state index < -0.39 is 6.04 Å². The van der Waals surface area contributed by atoms with E-state index >= 15 is 0 Å². The van der Waals surface area contributed by atoms with Gasteiger partial charge in [0.1, 0.15) is 24.4 Å². The molecule has 2 aliphatic heterocycles. The highest BCUT2D eigenvalue weighted by Gasteiger charge is 2.47. The number of benzene rings is 1. The lowest BCUT2D eigenvalue weighted by atomic mass is 10.1. The van der Waals surface area contributed by atoms with E-state index in [1.165, 1.54) is 9.80 Å². The minimum absolute atomic E-state index is 0.200. The van der Waals surface area contributed by atoms with Gasteiger partial charge in [0.15, 0.2) is 0 Å². The van der Waals surface area contributed by atoms with Crippen molar-refractivity contribution in [1.29, 1.82) is 0 Å². The predicted octanol–water partition coefficient (Wildman–Crippen LogP) is 2.06. The molecule has 0 spiro atoms. The molecule has 0 saturated carbocycles. The number of amides is 3. The molecule has 0 N–H and O–H groups in total. The van der Waals surface area contributed by atoms with Gasteiger partial charge in [0.2, 0.25) is 0 Å². The lowest BCUT2D eigenvalue weighted by molar-refractivity contribution is -0.129. The van der Waals surface area contributed by atoms with Gasteiger partial charge in [-0.25, -0.2) is 4.79 Å². The zero-order chi connectivity index (χ0) is 13.7. The van der Waals surface area contributed by atoms with Crippen LogP contribution in [-0.2, 0) is 4.79 Å². The van der Waals surface area contributed by atoms with E-state index in [1.807, 2.05) is 6.07 Å². The van der Waals surface area contributed by atoms with Crippen LogP contribution in [0.25, 0.3) is 0 Å². The van der Waals surface area contributed by atoms with Crippen LogP contribution in [0.3, 0.4) is 0 Å². The van der Waals surface area contributed by atoms with Crippen molar-refractivity contribution in [2.24, 2.45) is 0 Å². The van der Waals surface area contributed by atoms with E-state index in [0.29, 0.717) is 10.8 Å². The van der Waals surface area contributed by atoms with Crippen LogP contribution < -0.4 is 4.74 Å². The summed E-state index contributed by atoms with van der Waals surface area (Å²) in [6.45, 7) is 1.98. The van der Waals surface area contributed by atoms with E-state index in [4.69, 9.17) is 16.3 Å². The molecule has 1 aromatic rings. The highest BCUT2D eigenvalue weighted by atomic mass is 35.5. The number of fused-ring (bicyclic) bond motifs is 1. The highest BCUT2D eigenvalue weighted by molar-refractivity contribution is 6.32. The molecular weight excluding hydrogens is 268 g/mol. The quantitative estimate of drug-likeness (QED) is 0.740. The van der Waals surface area contributed by atoms with Crippen molar-refractivity contribution in [2.75, 3.05) is 13.7 Å². The van der Waals surface area contributed by atoms with Gasteiger partial charge in [0.05, 0.1) is 5.02 Å². The van der Waals surface area contributed by atoms with Crippen LogP contribution >= 0.6 is 11.6 Å². The highest BCUT2D eigenvalue weighted by Crippen LogP contribution is 2.42. The number of carbonyl (C=O) groups excluding carboxylic acids is 2. The van der Waals surface area contributed by atoms with Gasteiger partial charge in [-0.3, -0.25) is 9.69 Å². The van der Waals surface area contributed by atoms with Crippen LogP contribution in [0.2, 0.25) is 5.02 Å². The third kappa shape index (κ3) is 1.61. The number of hydrogen-bond acceptors (Lipinski definition) is 3. The second-order valence-electron chi connectivity index (χ2n) is 4.76. The van der Waals surface area contributed by atoms with Gasteiger partial charge in [0, 0.05) is 12.6 Å². The number of para-hydroxylation sites is 1. The summed E-state index contributed by atoms with van der Waals surface area (Å²) in [6.07, 6.45) is 0. The monoisotopic (exact) mass is 280 g/mol. The largest absolute Gasteiger partial charge is 0.489 e. The average Bonchev–Trinajstić information content (AvgIpc) is 2.89. The molecule has 3 rings (SSSR count). The van der Waals surface area contributed by atoms with E-state index in [0.717, 1.165) is 5.56 Å². The molecule has 0 bridgehead atoms. The Hall–Kier alpha value is -1.75. The molecule has 100 valence electrons. The molecule has 1 fully saturated rings. The molecule has 2 aliphatic rings. The molecule has 2 heterocycles. The number of carbonyl (C=O) groups is 2. The molecule has 19 heavy (non-hydrogen) atoms. The van der Waals surface area contributed by atoms with Gasteiger partial charge in [-0.05, 0) is 13.0 Å². The number of nitrogens with zero attached hydrogens (tertiary/aromatic N) is 2. The Bertz CT molecular complexity index is 555. The molecule has 3 amide bonds. The number of likely N-dealkylation sites (N-methyl/N-ethyl adjacent to an activating group) is 1. The summed E-state index contributed by atoms with van der Waals surface area (Å²) in [5.41, 5.74) is 0.789. The molecule has 6 heteroatoms. The summed E-state index contributed by atoms with van der Waals surface area (Å²) in [6, 6.07) is 4.24. The summed E-state index contributed by atoms with van der Waals surface area (Å²) in [5, 5.41) is 0.500. The molecule has 1 unspecified atom stereocenters. The van der Waals surface area contributed by atoms with Gasteiger partial charge in [-0.15, -0.1) is 0 Å². The Balaban J connectivity index is 2.01. The first-order valence-electron chi connectivity index (χ1n) is 6.03. The van der Waals surface area contributed by atoms with Crippen LogP contribution in [-0.4, -0.2) is 41.4 Å². The Morgan fingerprint density at radius 3 is 2.74 bits per heavy atom. The predicted molar refractivity (Wildman–Crippen MR) is 69.2 cm³/mol. The van der Waals surface area contributed by atoms with Crippen LogP contribution in [0.5, 0.6) is 5.75 Å². The maximum Gasteiger partial charge on any atom is 0.327 e. The van der Waals surface area contributed by atoms with Gasteiger partial charge >= 0.3 is 6.03 Å². The molecule has 5 nitrogen and oxygen atoms in total. The zero-order valence-electron chi connectivity index (χ0n) is 10.6. The lowest BCUT2D eigenvalue weighted by Crippen LogP contribution is -2.36. The summed E-state index contributed by atoms with van der Waals surface area (Å²) in [5.74, 6) is 0.367. The van der Waals surface area contributed by atoms with E-state index in [9.17, 15) is 9.59 Å². The minimum atomic E-state index is -0.435. The first kappa shape index (κ1) is 12.3. The third-order valence-corrected chi connectivity index (χ3v) is 4.03. The first-order valence-corrected chi connectivity index (χ1v) is 6.41. The topological polar surface area (TPSA) is 49.9 Å². The Kier molecular flexibility index (Phi) is 2.67. The van der Waals surface area contributed by atoms with Crippen LogP contribution in [0.1, 0.15) is 18.5 Å². The normalized spacial score (nSPS) is 25.8. The Morgan fingerprint density at radius 2 is 2.11 bits per heavy atom. The van der Waals surface area contributed by atoms with Crippen molar-refractivity contribution in [3.05, 3.63) is 28.8 Å². The van der Waals surface area contributed by atoms with Gasteiger partial charge in [0.25, 0.3) is 5.91 Å². The number of urea groups is 1. The molecule has 1 aromatic carbocycles. The standard InChI is InChI=1S/C13H13ClN2O3/c1-7-12(17)16(13(18)15(7)2)10-6-19-11-8(10)4-3-5-9(11)14/h3-5,7,10H,6H2,1-2H3/t7-,10?/m1/s1. The maximum atomic E-state index is 12.2. The molecule has 0 aliphatic carbocycles. The minimum Gasteiger partial charge on any atom is -0.489 e. The van der Waals surface area contributed by atoms with Crippen molar-refractivity contribution in [2.45, 2.75) is 19.0 Å². The van der Waals surface area contributed by atoms with Gasteiger partial charge < -0.3 is 9.64 Å². The smallest absolute Gasteiger partial charge is 0.327 e. The molecular formula is C13H13ClN2O3. The second-order valence-corrected chi connectivity index (χ2v) is 5.17. The van der Waals surface area contributed by atoms with Crippen molar-refractivity contribution in [3.63, 3.8) is 0 Å². The fourth-order valence-electron chi connectivity index (χ4n) is 2.49. The lowest BCUT2D eigenvalue weighted by Gasteiger charge is -2.20. The SMILES string of the molecule is C[C@@H]1C(=O)N(C2COc3c(Cl)cccc32)C(=O)N1C. The fourth-order valence-corrected chi connectivity index (χ4v) is 2.73. The number of imide groups is 1. The summed E-state index contributed by atoms with van der Waals surface area (Å²) in [7, 11) is 1.62. The van der Waals surface area contributed by atoms with Crippen molar-refractivity contribution in [1.82, 2.24) is 9.80 Å². The van der Waals surface area contributed by atoms with E-state index in [2.05, 4.69) is 0 Å². The van der Waals surface area contributed by atoms with Crippen molar-refractivity contribution in [3.8, 4) is 5.75 Å². The number of hydrogen-bond donors (Lipinski definition) is 0. The van der Waals surface area contributed by atoms with Crippen molar-refractivity contribution >= 4 is 23.5 Å². The Labute approximate surface area is 115 Å². The van der Waals surface area contributed by atoms with Gasteiger partial charge in [-0.2, -0.15) is 0 Å². The molecule has 2 atom stereocenters. The number of rotatable bonds is 1. The summed E-state index contributed by atoms with van der Waals surface area (Å²) < 4.78 is 5.52. The number of ether oxygens (including phenoxy) is 1. The molecule has 0 radical (unpaired) electrons. The number of halogens is 1. The van der Waals surface area contributed by atoms with Gasteiger partial charge in [-0.1, -0.05) is 23.7 Å². The van der Waals surface area contributed by atoms with E-state index in [1.54, 1.807) is 26.1 Å². The summed E-state index contributed by atoms with van der Waals surface area (Å²) >= 11 is 6.05. The molecule has 0 aromatic heterocycles. The van der Waals surface area contributed by atoms with Crippen LogP contribution in [0.4, 0.5) is 4.79 Å². The average molecular weight is 281 g/mol. The van der Waals surface area contributed by atoms with Crippen LogP contribution in [0.15, 0.2) is 18.2 Å². The Morgan fingerprint density at radius 1 is 1.37 bits per heavy atom. The van der Waals surface area contributed by atoms with Crippen LogP contribution in [0, 0.1) is 0 Å². The second kappa shape index (κ2) is 4.13. The zero-order valence-corrected chi connectivity index (χ0v) is 11.3.